The molecule has 1 aliphatic carbocycles. The zero-order valence-electron chi connectivity index (χ0n) is 19.1. The second kappa shape index (κ2) is 8.18. The van der Waals surface area contributed by atoms with Crippen molar-refractivity contribution in [2.24, 2.45) is 5.73 Å². The first-order valence-corrected chi connectivity index (χ1v) is 11.7. The minimum absolute atomic E-state index is 0.217. The highest BCUT2D eigenvalue weighted by molar-refractivity contribution is 5.89. The molecule has 2 aromatic heterocycles. The van der Waals surface area contributed by atoms with Gasteiger partial charge in [-0.15, -0.1) is 0 Å². The number of carbonyl (C=O) groups is 1. The lowest BCUT2D eigenvalue weighted by Gasteiger charge is -2.38. The van der Waals surface area contributed by atoms with Gasteiger partial charge in [-0.25, -0.2) is 14.3 Å². The third kappa shape index (κ3) is 3.68. The average molecular weight is 461 g/mol. The highest BCUT2D eigenvalue weighted by Gasteiger charge is 2.34. The quantitative estimate of drug-likeness (QED) is 0.347. The van der Waals surface area contributed by atoms with Gasteiger partial charge in [-0.05, 0) is 48.6 Å². The Morgan fingerprint density at radius 3 is 2.31 bits per heavy atom. The number of nitrogens with zero attached hydrogens (tertiary/aromatic N) is 3. The number of benzene rings is 3. The Balaban J connectivity index is 1.53. The highest BCUT2D eigenvalue weighted by Crippen LogP contribution is 2.40. The van der Waals surface area contributed by atoms with Crippen molar-refractivity contribution in [3.8, 4) is 33.6 Å². The van der Waals surface area contributed by atoms with Gasteiger partial charge in [0.2, 0.25) is 0 Å². The Labute approximate surface area is 202 Å². The highest BCUT2D eigenvalue weighted by atomic mass is 16.4. The zero-order valence-corrected chi connectivity index (χ0v) is 19.1. The third-order valence-corrected chi connectivity index (χ3v) is 6.96. The van der Waals surface area contributed by atoms with Crippen molar-refractivity contribution < 1.29 is 9.90 Å². The minimum Gasteiger partial charge on any atom is -0.478 e. The van der Waals surface area contributed by atoms with E-state index in [-0.39, 0.29) is 11.1 Å². The smallest absolute Gasteiger partial charge is 0.335 e. The first-order valence-electron chi connectivity index (χ1n) is 11.7. The molecule has 0 atom stereocenters. The van der Waals surface area contributed by atoms with E-state index in [0.717, 1.165) is 52.0 Å². The molecule has 1 fully saturated rings. The van der Waals surface area contributed by atoms with E-state index < -0.39 is 5.97 Å². The van der Waals surface area contributed by atoms with Crippen LogP contribution in [0.4, 0.5) is 0 Å². The predicted octanol–water partition coefficient (Wildman–Crippen LogP) is 5.77. The van der Waals surface area contributed by atoms with Crippen LogP contribution in [0.2, 0.25) is 0 Å². The molecule has 3 N–H and O–H groups in total. The predicted molar refractivity (Wildman–Crippen MR) is 136 cm³/mol. The average Bonchev–Trinajstić information content (AvgIpc) is 3.30. The molecule has 35 heavy (non-hydrogen) atoms. The number of aromatic carboxylic acids is 1. The van der Waals surface area contributed by atoms with E-state index in [1.807, 2.05) is 30.3 Å². The Hall–Kier alpha value is -4.29. The molecule has 0 amide bonds. The summed E-state index contributed by atoms with van der Waals surface area (Å²) < 4.78 is 1.78. The van der Waals surface area contributed by atoms with E-state index in [4.69, 9.17) is 10.8 Å². The molecule has 0 aliphatic heterocycles. The van der Waals surface area contributed by atoms with Crippen molar-refractivity contribution in [2.75, 3.05) is 0 Å². The number of carboxylic acid groups (broad SMARTS) is 1. The molecule has 6 rings (SSSR count). The van der Waals surface area contributed by atoms with Crippen LogP contribution in [0.15, 0.2) is 91.1 Å². The molecule has 5 aromatic rings. The van der Waals surface area contributed by atoms with E-state index in [1.165, 1.54) is 6.42 Å². The molecule has 6 heteroatoms. The lowest BCUT2D eigenvalue weighted by atomic mass is 9.72. The maximum atomic E-state index is 11.5. The Kier molecular flexibility index (Phi) is 4.97. The van der Waals surface area contributed by atoms with Crippen molar-refractivity contribution in [1.82, 2.24) is 14.6 Å². The number of imidazole rings is 1. The van der Waals surface area contributed by atoms with E-state index in [9.17, 15) is 9.90 Å². The summed E-state index contributed by atoms with van der Waals surface area (Å²) in [4.78, 5) is 16.1. The van der Waals surface area contributed by atoms with Gasteiger partial charge in [-0.3, -0.25) is 0 Å². The number of hydrogen-bond donors (Lipinski definition) is 2. The number of carboxylic acids is 1. The van der Waals surface area contributed by atoms with E-state index in [2.05, 4.69) is 41.4 Å². The molecule has 3 aromatic carbocycles. The number of aromatic nitrogens is 3. The second-order valence-corrected chi connectivity index (χ2v) is 9.16. The molecule has 1 saturated carbocycles. The van der Waals surface area contributed by atoms with Gasteiger partial charge in [0, 0.05) is 22.2 Å². The van der Waals surface area contributed by atoms with Crippen LogP contribution < -0.4 is 5.73 Å². The van der Waals surface area contributed by atoms with E-state index in [0.29, 0.717) is 5.65 Å². The summed E-state index contributed by atoms with van der Waals surface area (Å²) in [6, 6.07) is 27.4. The van der Waals surface area contributed by atoms with Crippen molar-refractivity contribution in [2.45, 2.75) is 24.8 Å². The Morgan fingerprint density at radius 1 is 0.886 bits per heavy atom. The van der Waals surface area contributed by atoms with Gasteiger partial charge >= 0.3 is 5.97 Å². The van der Waals surface area contributed by atoms with E-state index >= 15 is 0 Å². The lowest BCUT2D eigenvalue weighted by Crippen LogP contribution is -2.43. The van der Waals surface area contributed by atoms with Crippen LogP contribution in [-0.4, -0.2) is 25.7 Å². The number of rotatable bonds is 5. The van der Waals surface area contributed by atoms with Gasteiger partial charge in [0.25, 0.3) is 0 Å². The van der Waals surface area contributed by atoms with Crippen molar-refractivity contribution in [1.29, 1.82) is 0 Å². The molecule has 0 unspecified atom stereocenters. The topological polar surface area (TPSA) is 93.5 Å². The lowest BCUT2D eigenvalue weighted by molar-refractivity contribution is 0.0697. The fourth-order valence-electron chi connectivity index (χ4n) is 4.78. The van der Waals surface area contributed by atoms with Crippen LogP contribution in [-0.2, 0) is 5.54 Å². The molecule has 172 valence electrons. The van der Waals surface area contributed by atoms with Crippen molar-refractivity contribution in [3.63, 3.8) is 0 Å². The molecule has 6 nitrogen and oxygen atoms in total. The van der Waals surface area contributed by atoms with Crippen LogP contribution in [0.3, 0.4) is 0 Å². The SMILES string of the molecule is NC1(c2ccc(-c3nn4c(-c5cccc(C(=O)O)c5)cnc4cc3-c3ccccc3)cc2)CCC1. The fourth-order valence-corrected chi connectivity index (χ4v) is 4.78. The molecule has 0 radical (unpaired) electrons. The molecule has 0 saturated heterocycles. The molecule has 2 heterocycles. The summed E-state index contributed by atoms with van der Waals surface area (Å²) in [5, 5.41) is 14.5. The summed E-state index contributed by atoms with van der Waals surface area (Å²) in [7, 11) is 0. The zero-order chi connectivity index (χ0) is 24.0. The minimum atomic E-state index is -0.968. The van der Waals surface area contributed by atoms with Crippen LogP contribution in [0.25, 0.3) is 39.3 Å². The first-order chi connectivity index (χ1) is 17.0. The third-order valence-electron chi connectivity index (χ3n) is 6.96. The number of fused-ring (bicyclic) bond motifs is 1. The number of hydrogen-bond acceptors (Lipinski definition) is 4. The molecular formula is C29H24N4O2. The maximum Gasteiger partial charge on any atom is 0.335 e. The molecule has 1 aliphatic rings. The van der Waals surface area contributed by atoms with Gasteiger partial charge < -0.3 is 10.8 Å². The molecular weight excluding hydrogens is 436 g/mol. The summed E-state index contributed by atoms with van der Waals surface area (Å²) in [6.07, 6.45) is 4.93. The Bertz CT molecular complexity index is 1550. The van der Waals surface area contributed by atoms with E-state index in [1.54, 1.807) is 28.9 Å². The van der Waals surface area contributed by atoms with Crippen LogP contribution in [0.1, 0.15) is 35.2 Å². The van der Waals surface area contributed by atoms with Gasteiger partial charge in [-0.2, -0.15) is 5.10 Å². The summed E-state index contributed by atoms with van der Waals surface area (Å²) in [5.41, 5.74) is 13.7. The second-order valence-electron chi connectivity index (χ2n) is 9.16. The standard InChI is InChI=1S/C29H24N4O2/c30-29(14-5-15-29)23-12-10-20(11-13-23)27-24(19-6-2-1-3-7-19)17-26-31-18-25(33(26)32-27)21-8-4-9-22(16-21)28(34)35/h1-4,6-13,16-18H,5,14-15,30H2,(H,34,35). The van der Waals surface area contributed by atoms with Crippen LogP contribution in [0.5, 0.6) is 0 Å². The maximum absolute atomic E-state index is 11.5. The first kappa shape index (κ1) is 21.3. The summed E-state index contributed by atoms with van der Waals surface area (Å²) >= 11 is 0. The van der Waals surface area contributed by atoms with Crippen molar-refractivity contribution in [3.05, 3.63) is 102 Å². The van der Waals surface area contributed by atoms with Gasteiger partial charge in [0.1, 0.15) is 0 Å². The van der Waals surface area contributed by atoms with Crippen LogP contribution >= 0.6 is 0 Å². The molecule has 0 spiro atoms. The van der Waals surface area contributed by atoms with Gasteiger partial charge in [-0.1, -0.05) is 66.7 Å². The Morgan fingerprint density at radius 2 is 1.63 bits per heavy atom. The fraction of sp³-hybridized carbons (Fsp3) is 0.138. The number of nitrogens with two attached hydrogens (primary N) is 1. The molecule has 0 bridgehead atoms. The van der Waals surface area contributed by atoms with Crippen LogP contribution in [0, 0.1) is 0 Å². The largest absolute Gasteiger partial charge is 0.478 e. The summed E-state index contributed by atoms with van der Waals surface area (Å²) in [5.74, 6) is -0.968. The van der Waals surface area contributed by atoms with Crippen molar-refractivity contribution >= 4 is 11.6 Å². The van der Waals surface area contributed by atoms with Gasteiger partial charge in [0.15, 0.2) is 5.65 Å². The normalized spacial score (nSPS) is 14.5. The van der Waals surface area contributed by atoms with Gasteiger partial charge in [0.05, 0.1) is 23.1 Å². The monoisotopic (exact) mass is 460 g/mol. The summed E-state index contributed by atoms with van der Waals surface area (Å²) in [6.45, 7) is 0.